The molecule has 14 nitrogen and oxygen atoms in total. The van der Waals surface area contributed by atoms with Crippen molar-refractivity contribution in [2.45, 2.75) is 75.4 Å². The first-order valence-corrected chi connectivity index (χ1v) is 19.1. The molecule has 6 rings (SSSR count). The Hall–Kier alpha value is -4.89. The van der Waals surface area contributed by atoms with Gasteiger partial charge in [0.15, 0.2) is 0 Å². The van der Waals surface area contributed by atoms with E-state index in [1.807, 2.05) is 20.8 Å². The number of nitrogens with one attached hydrogen (secondary N) is 3. The van der Waals surface area contributed by atoms with Gasteiger partial charge in [-0.15, -0.1) is 6.58 Å². The van der Waals surface area contributed by atoms with Crippen molar-refractivity contribution in [3.8, 4) is 11.6 Å². The van der Waals surface area contributed by atoms with Gasteiger partial charge in [-0.2, -0.15) is 0 Å². The molecule has 1 aliphatic heterocycles. The predicted octanol–water partition coefficient (Wildman–Crippen LogP) is 4.14. The summed E-state index contributed by atoms with van der Waals surface area (Å²) in [6.07, 6.45) is 3.29. The Morgan fingerprint density at radius 1 is 1.11 bits per heavy atom. The number of carboxylic acid groups (broad SMARTS) is 1. The van der Waals surface area contributed by atoms with E-state index in [2.05, 4.69) is 26.9 Å². The minimum Gasteiger partial charge on any atom is -0.494 e. The van der Waals surface area contributed by atoms with E-state index in [9.17, 15) is 32.7 Å². The Morgan fingerprint density at radius 2 is 1.81 bits per heavy atom. The molecule has 5 atom stereocenters. The van der Waals surface area contributed by atoms with Gasteiger partial charge in [-0.3, -0.25) is 19.1 Å². The van der Waals surface area contributed by atoms with E-state index in [0.717, 1.165) is 0 Å². The van der Waals surface area contributed by atoms with Gasteiger partial charge in [-0.1, -0.05) is 38.4 Å². The van der Waals surface area contributed by atoms with Gasteiger partial charge in [-0.25, -0.2) is 18.2 Å². The summed E-state index contributed by atoms with van der Waals surface area (Å²) in [5.41, 5.74) is -1.71. The molecule has 2 heterocycles. The average Bonchev–Trinajstić information content (AvgIpc) is 4.03. The quantitative estimate of drug-likeness (QED) is 0.183. The van der Waals surface area contributed by atoms with Gasteiger partial charge in [0.2, 0.25) is 27.7 Å². The highest BCUT2D eigenvalue weighted by molar-refractivity contribution is 7.91. The Morgan fingerprint density at radius 3 is 2.40 bits per heavy atom. The first-order valence-electron chi connectivity index (χ1n) is 17.2. The molecular weight excluding hydrogens is 726 g/mol. The molecule has 3 amide bonds. The van der Waals surface area contributed by atoms with Crippen LogP contribution < -0.4 is 24.8 Å². The van der Waals surface area contributed by atoms with Gasteiger partial charge in [0.05, 0.1) is 30.7 Å². The molecule has 0 bridgehead atoms. The summed E-state index contributed by atoms with van der Waals surface area (Å²) in [6, 6.07) is 9.06. The maximum atomic E-state index is 14.6. The van der Waals surface area contributed by atoms with Crippen LogP contribution in [0.2, 0.25) is 5.02 Å². The third-order valence-electron chi connectivity index (χ3n) is 9.93. The summed E-state index contributed by atoms with van der Waals surface area (Å²) in [7, 11) is -2.40. The van der Waals surface area contributed by atoms with E-state index in [0.29, 0.717) is 40.1 Å². The fraction of sp³-hybridized carbons (Fsp3) is 0.432. The number of aromatic carboxylic acids is 1. The summed E-state index contributed by atoms with van der Waals surface area (Å²) in [4.78, 5) is 59.7. The number of hydrogen-bond acceptors (Lipinski definition) is 10. The molecule has 3 aromatic rings. The minimum atomic E-state index is -3.91. The number of rotatable bonds is 13. The number of aromatic nitrogens is 1. The number of benzene rings is 2. The number of amides is 3. The van der Waals surface area contributed by atoms with Crippen LogP contribution in [-0.2, 0) is 24.4 Å². The van der Waals surface area contributed by atoms with Gasteiger partial charge in [0, 0.05) is 33.8 Å². The highest BCUT2D eigenvalue weighted by Crippen LogP contribution is 2.46. The van der Waals surface area contributed by atoms with Crippen LogP contribution in [0.5, 0.6) is 11.6 Å². The second-order valence-corrected chi connectivity index (χ2v) is 17.2. The monoisotopic (exact) mass is 767 g/mol. The lowest BCUT2D eigenvalue weighted by atomic mass is 9.85. The first-order chi connectivity index (χ1) is 25.0. The third-order valence-corrected chi connectivity index (χ3v) is 12.0. The molecule has 1 saturated heterocycles. The highest BCUT2D eigenvalue weighted by atomic mass is 35.5. The predicted molar refractivity (Wildman–Crippen MR) is 197 cm³/mol. The number of halogens is 1. The molecule has 1 aromatic heterocycles. The van der Waals surface area contributed by atoms with Crippen molar-refractivity contribution in [3.05, 3.63) is 71.9 Å². The summed E-state index contributed by atoms with van der Waals surface area (Å²) >= 11 is 6.33. The second-order valence-electron chi connectivity index (χ2n) is 14.8. The number of fused-ring (bicyclic) bond motifs is 1. The Labute approximate surface area is 312 Å². The second kappa shape index (κ2) is 14.2. The lowest BCUT2D eigenvalue weighted by Crippen LogP contribution is -2.58. The molecule has 0 spiro atoms. The largest absolute Gasteiger partial charge is 0.494 e. The molecule has 2 aromatic carbocycles. The number of anilines is 1. The van der Waals surface area contributed by atoms with E-state index < -0.39 is 74.0 Å². The Kier molecular flexibility index (Phi) is 10.1. The molecule has 2 saturated carbocycles. The zero-order valence-corrected chi connectivity index (χ0v) is 31.3. The van der Waals surface area contributed by atoms with Gasteiger partial charge >= 0.3 is 5.97 Å². The zero-order chi connectivity index (χ0) is 38.5. The van der Waals surface area contributed by atoms with Crippen LogP contribution in [0.15, 0.2) is 61.3 Å². The normalized spacial score (nSPS) is 23.1. The standard InChI is InChI=1S/C37H42ClN5O9S/c1-6-21-17-37(21,35(48)42-53(49,50)25-12-13-25)41-31(44)28-16-24(52-32-27-15-22(38)9-14-26(27)29(51-5)18-39-32)19-43(28)33(45)30(36(2,3)4)40-23-10-7-20(8-11-23)34(46)47/h6-11,14-15,18,21,24-25,28,30,40H,1,12-13,16-17,19H2,2-5H3,(H,41,44)(H,42,48)(H,46,47)/t21?,24-,28+,30-,37?/m1/s1. The number of pyridine rings is 1. The van der Waals surface area contributed by atoms with Crippen molar-refractivity contribution in [1.82, 2.24) is 19.9 Å². The van der Waals surface area contributed by atoms with Gasteiger partial charge in [0.1, 0.15) is 29.5 Å². The smallest absolute Gasteiger partial charge is 0.335 e. The topological polar surface area (TPSA) is 193 Å². The van der Waals surface area contributed by atoms with Crippen molar-refractivity contribution < 1.29 is 42.2 Å². The number of methoxy groups -OCH3 is 1. The van der Waals surface area contributed by atoms with Gasteiger partial charge in [-0.05, 0) is 67.1 Å². The Bertz CT molecular complexity index is 2080. The lowest BCUT2D eigenvalue weighted by molar-refractivity contribution is -0.141. The number of carbonyl (C=O) groups excluding carboxylic acids is 3. The number of carbonyl (C=O) groups is 4. The van der Waals surface area contributed by atoms with Crippen molar-refractivity contribution in [1.29, 1.82) is 0 Å². The van der Waals surface area contributed by atoms with Crippen molar-refractivity contribution >= 4 is 61.8 Å². The van der Waals surface area contributed by atoms with E-state index in [1.165, 1.54) is 36.4 Å². The molecule has 16 heteroatoms. The van der Waals surface area contributed by atoms with Crippen molar-refractivity contribution in [3.63, 3.8) is 0 Å². The fourth-order valence-corrected chi connectivity index (χ4v) is 8.20. The summed E-state index contributed by atoms with van der Waals surface area (Å²) in [5, 5.41) is 16.4. The van der Waals surface area contributed by atoms with E-state index >= 15 is 0 Å². The lowest BCUT2D eigenvalue weighted by Gasteiger charge is -2.36. The van der Waals surface area contributed by atoms with Crippen LogP contribution in [0.3, 0.4) is 0 Å². The maximum Gasteiger partial charge on any atom is 0.335 e. The number of sulfonamides is 1. The van der Waals surface area contributed by atoms with Gasteiger partial charge < -0.3 is 30.1 Å². The van der Waals surface area contributed by atoms with E-state index in [4.69, 9.17) is 21.1 Å². The number of likely N-dealkylation sites (tertiary alicyclic amines) is 1. The molecule has 2 aliphatic carbocycles. The molecule has 2 unspecified atom stereocenters. The zero-order valence-electron chi connectivity index (χ0n) is 29.7. The molecule has 0 radical (unpaired) electrons. The Balaban J connectivity index is 1.32. The number of hydrogen-bond donors (Lipinski definition) is 4. The summed E-state index contributed by atoms with van der Waals surface area (Å²) < 4.78 is 39.4. The summed E-state index contributed by atoms with van der Waals surface area (Å²) in [5.74, 6) is -2.89. The number of nitrogens with zero attached hydrogens (tertiary/aromatic N) is 2. The third kappa shape index (κ3) is 7.77. The molecule has 3 aliphatic rings. The van der Waals surface area contributed by atoms with Crippen LogP contribution in [0.4, 0.5) is 5.69 Å². The van der Waals surface area contributed by atoms with Gasteiger partial charge in [0.25, 0.3) is 5.91 Å². The molecule has 53 heavy (non-hydrogen) atoms. The van der Waals surface area contributed by atoms with Crippen LogP contribution in [-0.4, -0.2) is 89.7 Å². The molecular formula is C37H42ClN5O9S. The van der Waals surface area contributed by atoms with Crippen LogP contribution >= 0.6 is 11.6 Å². The molecule has 282 valence electrons. The summed E-state index contributed by atoms with van der Waals surface area (Å²) in [6.45, 7) is 9.28. The maximum absolute atomic E-state index is 14.6. The van der Waals surface area contributed by atoms with Crippen molar-refractivity contribution in [2.24, 2.45) is 11.3 Å². The minimum absolute atomic E-state index is 0.00827. The van der Waals surface area contributed by atoms with Crippen LogP contribution in [0.25, 0.3) is 10.8 Å². The first kappa shape index (κ1) is 37.9. The highest BCUT2D eigenvalue weighted by Gasteiger charge is 2.62. The molecule has 3 fully saturated rings. The van der Waals surface area contributed by atoms with Crippen molar-refractivity contribution in [2.75, 3.05) is 19.0 Å². The van der Waals surface area contributed by atoms with Crippen LogP contribution in [0.1, 0.15) is 56.8 Å². The van der Waals surface area contributed by atoms with E-state index in [-0.39, 0.29) is 30.8 Å². The average molecular weight is 768 g/mol. The van der Waals surface area contributed by atoms with Crippen LogP contribution in [0, 0.1) is 11.3 Å². The van der Waals surface area contributed by atoms with E-state index in [1.54, 1.807) is 30.3 Å². The fourth-order valence-electron chi connectivity index (χ4n) is 6.66. The SMILES string of the molecule is C=CC1CC1(NC(=O)[C@@H]1C[C@@H](Oc2ncc(OC)c3ccc(Cl)cc23)CN1C(=O)[C@@H](Nc1ccc(C(=O)O)cc1)C(C)(C)C)C(=O)NS(=O)(=O)C1CC1. The number of carboxylic acids is 1. The number of ether oxygens (including phenoxy) is 2. The molecule has 4 N–H and O–H groups in total.